The van der Waals surface area contributed by atoms with Gasteiger partial charge in [0.05, 0.1) is 13.7 Å². The van der Waals surface area contributed by atoms with Gasteiger partial charge in [0.25, 0.3) is 5.91 Å². The number of esters is 1. The molecular formula is C21H21N5O3. The van der Waals surface area contributed by atoms with Crippen molar-refractivity contribution in [2.24, 2.45) is 7.05 Å². The fourth-order valence-electron chi connectivity index (χ4n) is 3.59. The van der Waals surface area contributed by atoms with E-state index in [2.05, 4.69) is 22.1 Å². The molecule has 4 rings (SSSR count). The minimum Gasteiger partial charge on any atom is -0.464 e. The van der Waals surface area contributed by atoms with Gasteiger partial charge in [-0.3, -0.25) is 4.79 Å². The minimum atomic E-state index is -0.539. The van der Waals surface area contributed by atoms with E-state index >= 15 is 0 Å². The predicted molar refractivity (Wildman–Crippen MR) is 106 cm³/mol. The van der Waals surface area contributed by atoms with Crippen molar-refractivity contribution >= 4 is 17.6 Å². The standard InChI is InChI=1S/C21H21N5O3/c1-13(9-18-24-23-12-25(18)2)14-5-4-6-15(10-14)26-11-17-16(20(26)27)7-8-22-19(17)21(28)29-3/h4-8,10,12-13H,9,11H2,1-3H3/t13-/m1/s1. The first-order valence-corrected chi connectivity index (χ1v) is 9.30. The predicted octanol–water partition coefficient (Wildman–Crippen LogP) is 2.50. The van der Waals surface area contributed by atoms with Crippen LogP contribution < -0.4 is 4.90 Å². The van der Waals surface area contributed by atoms with Crippen LogP contribution in [0.1, 0.15) is 50.6 Å². The molecule has 0 saturated carbocycles. The number of benzene rings is 1. The summed E-state index contributed by atoms with van der Waals surface area (Å²) in [7, 11) is 3.23. The van der Waals surface area contributed by atoms with Gasteiger partial charge in [0, 0.05) is 36.5 Å². The van der Waals surface area contributed by atoms with Crippen molar-refractivity contribution in [3.8, 4) is 0 Å². The third-order valence-corrected chi connectivity index (χ3v) is 5.27. The van der Waals surface area contributed by atoms with Gasteiger partial charge in [-0.15, -0.1) is 10.2 Å². The monoisotopic (exact) mass is 391 g/mol. The van der Waals surface area contributed by atoms with E-state index in [9.17, 15) is 9.59 Å². The quantitative estimate of drug-likeness (QED) is 0.621. The number of hydrogen-bond donors (Lipinski definition) is 0. The SMILES string of the molecule is COC(=O)c1nccc2c1CN(c1cccc([C@H](C)Cc3nncn3C)c1)C2=O. The second kappa shape index (κ2) is 7.46. The average Bonchev–Trinajstić information content (AvgIpc) is 3.30. The van der Waals surface area contributed by atoms with Crippen molar-refractivity contribution in [3.63, 3.8) is 0 Å². The van der Waals surface area contributed by atoms with Gasteiger partial charge < -0.3 is 14.2 Å². The van der Waals surface area contributed by atoms with Crippen molar-refractivity contribution in [1.82, 2.24) is 19.7 Å². The van der Waals surface area contributed by atoms with Crippen molar-refractivity contribution in [1.29, 1.82) is 0 Å². The summed E-state index contributed by atoms with van der Waals surface area (Å²) < 4.78 is 6.71. The minimum absolute atomic E-state index is 0.148. The van der Waals surface area contributed by atoms with Gasteiger partial charge in [0.2, 0.25) is 0 Å². The lowest BCUT2D eigenvalue weighted by molar-refractivity contribution is 0.0592. The van der Waals surface area contributed by atoms with E-state index in [4.69, 9.17) is 4.74 Å². The van der Waals surface area contributed by atoms with Crippen LogP contribution in [0.5, 0.6) is 0 Å². The van der Waals surface area contributed by atoms with Crippen LogP contribution in [0.15, 0.2) is 42.9 Å². The molecule has 1 atom stereocenters. The maximum Gasteiger partial charge on any atom is 0.357 e. The van der Waals surface area contributed by atoms with Crippen LogP contribution in [-0.2, 0) is 24.8 Å². The van der Waals surface area contributed by atoms with Crippen LogP contribution in [0, 0.1) is 0 Å². The number of fused-ring (bicyclic) bond motifs is 1. The van der Waals surface area contributed by atoms with E-state index in [-0.39, 0.29) is 24.1 Å². The van der Waals surface area contributed by atoms with Gasteiger partial charge in [-0.05, 0) is 29.7 Å². The molecule has 3 heterocycles. The highest BCUT2D eigenvalue weighted by Gasteiger charge is 2.33. The van der Waals surface area contributed by atoms with E-state index in [1.165, 1.54) is 13.3 Å². The molecule has 0 radical (unpaired) electrons. The Hall–Kier alpha value is -3.55. The smallest absolute Gasteiger partial charge is 0.357 e. The number of carbonyl (C=O) groups is 2. The number of rotatable bonds is 5. The fourth-order valence-corrected chi connectivity index (χ4v) is 3.59. The molecule has 148 valence electrons. The summed E-state index contributed by atoms with van der Waals surface area (Å²) in [5, 5.41) is 8.08. The van der Waals surface area contributed by atoms with E-state index in [0.29, 0.717) is 11.1 Å². The zero-order valence-corrected chi connectivity index (χ0v) is 16.5. The molecule has 1 aromatic carbocycles. The van der Waals surface area contributed by atoms with Crippen molar-refractivity contribution in [2.75, 3.05) is 12.0 Å². The molecule has 0 spiro atoms. The maximum absolute atomic E-state index is 13.0. The van der Waals surface area contributed by atoms with Crippen LogP contribution >= 0.6 is 0 Å². The molecule has 1 aliphatic heterocycles. The van der Waals surface area contributed by atoms with Crippen LogP contribution in [-0.4, -0.2) is 38.7 Å². The molecule has 0 N–H and O–H groups in total. The number of carbonyl (C=O) groups excluding carboxylic acids is 2. The number of nitrogens with zero attached hydrogens (tertiary/aromatic N) is 5. The number of methoxy groups -OCH3 is 1. The Morgan fingerprint density at radius 1 is 1.31 bits per heavy atom. The van der Waals surface area contributed by atoms with Gasteiger partial charge in [0.15, 0.2) is 5.69 Å². The van der Waals surface area contributed by atoms with Gasteiger partial charge in [-0.1, -0.05) is 19.1 Å². The summed E-state index contributed by atoms with van der Waals surface area (Å²) in [5.41, 5.74) is 3.15. The van der Waals surface area contributed by atoms with Gasteiger partial charge in [0.1, 0.15) is 12.2 Å². The van der Waals surface area contributed by atoms with Crippen molar-refractivity contribution in [2.45, 2.75) is 25.8 Å². The Kier molecular flexibility index (Phi) is 4.84. The Morgan fingerprint density at radius 2 is 2.14 bits per heavy atom. The fraction of sp³-hybridized carbons (Fsp3) is 0.286. The first-order valence-electron chi connectivity index (χ1n) is 9.30. The van der Waals surface area contributed by atoms with Gasteiger partial charge >= 0.3 is 5.97 Å². The number of hydrogen-bond acceptors (Lipinski definition) is 6. The molecule has 3 aromatic rings. The molecule has 0 bridgehead atoms. The third-order valence-electron chi connectivity index (χ3n) is 5.27. The second-order valence-electron chi connectivity index (χ2n) is 7.13. The number of amides is 1. The summed E-state index contributed by atoms with van der Waals surface area (Å²) in [5.74, 6) is 0.416. The second-order valence-corrected chi connectivity index (χ2v) is 7.13. The first-order chi connectivity index (χ1) is 14.0. The molecule has 8 heteroatoms. The van der Waals surface area contributed by atoms with Crippen molar-refractivity contribution < 1.29 is 14.3 Å². The molecule has 1 amide bonds. The summed E-state index contributed by atoms with van der Waals surface area (Å²) in [6, 6.07) is 9.53. The lowest BCUT2D eigenvalue weighted by Gasteiger charge is -2.19. The average molecular weight is 391 g/mol. The number of pyridine rings is 1. The molecule has 2 aromatic heterocycles. The molecular weight excluding hydrogens is 370 g/mol. The zero-order valence-electron chi connectivity index (χ0n) is 16.5. The van der Waals surface area contributed by atoms with E-state index < -0.39 is 5.97 Å². The maximum atomic E-state index is 13.0. The lowest BCUT2D eigenvalue weighted by atomic mass is 9.97. The molecule has 0 aliphatic carbocycles. The first kappa shape index (κ1) is 18.8. The molecule has 0 saturated heterocycles. The Morgan fingerprint density at radius 3 is 2.86 bits per heavy atom. The number of aromatic nitrogens is 4. The Labute approximate surface area is 168 Å². The van der Waals surface area contributed by atoms with E-state index in [1.807, 2.05) is 35.9 Å². The zero-order chi connectivity index (χ0) is 20.5. The molecule has 8 nitrogen and oxygen atoms in total. The molecule has 29 heavy (non-hydrogen) atoms. The molecule has 0 fully saturated rings. The highest BCUT2D eigenvalue weighted by Crippen LogP contribution is 2.32. The Bertz CT molecular complexity index is 1090. The number of anilines is 1. The number of ether oxygens (including phenoxy) is 1. The van der Waals surface area contributed by atoms with Crippen LogP contribution in [0.3, 0.4) is 0 Å². The Balaban J connectivity index is 1.61. The van der Waals surface area contributed by atoms with E-state index in [0.717, 1.165) is 23.5 Å². The third kappa shape index (κ3) is 3.37. The summed E-state index contributed by atoms with van der Waals surface area (Å²) in [4.78, 5) is 30.8. The normalized spacial score (nSPS) is 14.0. The number of aryl methyl sites for hydroxylation is 1. The summed E-state index contributed by atoms with van der Waals surface area (Å²) in [6.07, 6.45) is 3.89. The molecule has 1 aliphatic rings. The van der Waals surface area contributed by atoms with Crippen LogP contribution in [0.2, 0.25) is 0 Å². The topological polar surface area (TPSA) is 90.2 Å². The highest BCUT2D eigenvalue weighted by molar-refractivity contribution is 6.11. The van der Waals surface area contributed by atoms with Gasteiger partial charge in [-0.2, -0.15) is 0 Å². The van der Waals surface area contributed by atoms with E-state index in [1.54, 1.807) is 17.3 Å². The highest BCUT2D eigenvalue weighted by atomic mass is 16.5. The van der Waals surface area contributed by atoms with Crippen LogP contribution in [0.4, 0.5) is 5.69 Å². The largest absolute Gasteiger partial charge is 0.464 e. The van der Waals surface area contributed by atoms with Gasteiger partial charge in [-0.25, -0.2) is 9.78 Å². The lowest BCUT2D eigenvalue weighted by Crippen LogP contribution is -2.23. The van der Waals surface area contributed by atoms with Crippen LogP contribution in [0.25, 0.3) is 0 Å². The molecule has 0 unspecified atom stereocenters. The summed E-state index contributed by atoms with van der Waals surface area (Å²) >= 11 is 0. The summed E-state index contributed by atoms with van der Waals surface area (Å²) in [6.45, 7) is 2.40. The van der Waals surface area contributed by atoms with Crippen molar-refractivity contribution in [3.05, 3.63) is 71.1 Å².